The number of halogens is 1. The van der Waals surface area contributed by atoms with E-state index in [4.69, 9.17) is 21.2 Å². The van der Waals surface area contributed by atoms with Crippen molar-refractivity contribution in [3.05, 3.63) is 46.5 Å². The molecule has 0 atom stereocenters. The molecule has 1 fully saturated rings. The van der Waals surface area contributed by atoms with Gasteiger partial charge in [-0.3, -0.25) is 4.79 Å². The number of piperidine rings is 1. The fraction of sp³-hybridized carbons (Fsp3) is 0.480. The molecule has 0 unspecified atom stereocenters. The topological polar surface area (TPSA) is 109 Å². The molecule has 0 saturated carbocycles. The van der Waals surface area contributed by atoms with E-state index in [1.807, 2.05) is 12.2 Å². The Morgan fingerprint density at radius 3 is 2.59 bits per heavy atom. The van der Waals surface area contributed by atoms with E-state index in [1.54, 1.807) is 11.0 Å². The highest BCUT2D eigenvalue weighted by atomic mass is 35.5. The molecule has 1 aromatic rings. The summed E-state index contributed by atoms with van der Waals surface area (Å²) in [5.41, 5.74) is 0.427. The van der Waals surface area contributed by atoms with E-state index in [1.165, 1.54) is 0 Å². The Balaban J connectivity index is 1.86. The van der Waals surface area contributed by atoms with E-state index in [0.717, 1.165) is 57.7 Å². The largest absolute Gasteiger partial charge is 0.507 e. The van der Waals surface area contributed by atoms with Gasteiger partial charge >= 0.3 is 5.97 Å². The fourth-order valence-electron chi connectivity index (χ4n) is 3.87. The molecule has 2 aliphatic heterocycles. The lowest BCUT2D eigenvalue weighted by Crippen LogP contribution is -2.37. The van der Waals surface area contributed by atoms with Crippen molar-refractivity contribution >= 4 is 29.2 Å². The van der Waals surface area contributed by atoms with Crippen LogP contribution in [0.1, 0.15) is 60.9 Å². The quantitative estimate of drug-likeness (QED) is 0.366. The third kappa shape index (κ3) is 7.25. The molecule has 1 saturated heterocycles. The average Bonchev–Trinajstić information content (AvgIpc) is 2.83. The lowest BCUT2D eigenvalue weighted by atomic mass is 9.99. The van der Waals surface area contributed by atoms with Gasteiger partial charge in [-0.25, -0.2) is 4.79 Å². The van der Waals surface area contributed by atoms with Crippen LogP contribution in [0, 0.1) is 0 Å². The van der Waals surface area contributed by atoms with Gasteiger partial charge in [-0.1, -0.05) is 35.0 Å². The number of hydrogen-bond acceptors (Lipinski definition) is 7. The van der Waals surface area contributed by atoms with Crippen molar-refractivity contribution in [2.45, 2.75) is 51.4 Å². The first-order valence-corrected chi connectivity index (χ1v) is 12.0. The Bertz CT molecular complexity index is 967. The van der Waals surface area contributed by atoms with Crippen molar-refractivity contribution in [3.8, 4) is 11.5 Å². The second-order valence-electron chi connectivity index (χ2n) is 8.29. The van der Waals surface area contributed by atoms with Gasteiger partial charge in [0.25, 0.3) is 5.91 Å². The third-order valence-electron chi connectivity index (χ3n) is 5.69. The second-order valence-corrected chi connectivity index (χ2v) is 8.66. The average molecular weight is 491 g/mol. The summed E-state index contributed by atoms with van der Waals surface area (Å²) < 4.78 is 5.32. The molecule has 2 aliphatic rings. The molecule has 0 radical (unpaired) electrons. The number of carbonyl (C=O) groups excluding carboxylic acids is 2. The lowest BCUT2D eigenvalue weighted by Gasteiger charge is -2.26. The maximum atomic E-state index is 12.7. The number of rotatable bonds is 3. The molecule has 1 amide bonds. The van der Waals surface area contributed by atoms with Crippen molar-refractivity contribution in [3.63, 3.8) is 0 Å². The Labute approximate surface area is 204 Å². The van der Waals surface area contributed by atoms with Crippen LogP contribution in [0.5, 0.6) is 11.5 Å². The van der Waals surface area contributed by atoms with Crippen LogP contribution in [0.3, 0.4) is 0 Å². The molecule has 0 aliphatic carbocycles. The van der Waals surface area contributed by atoms with Gasteiger partial charge in [-0.15, -0.1) is 0 Å². The zero-order valence-corrected chi connectivity index (χ0v) is 19.9. The minimum absolute atomic E-state index is 0.0184. The van der Waals surface area contributed by atoms with Gasteiger partial charge in [-0.2, -0.15) is 0 Å². The SMILES string of the molecule is O=C1OCCC/C=C/CC/C=C/C(=NOCC(=O)N2CCCCC2)Cc2c(Cl)c(O)cc(O)c21. The summed E-state index contributed by atoms with van der Waals surface area (Å²) in [6.07, 6.45) is 13.8. The van der Waals surface area contributed by atoms with E-state index in [-0.39, 0.29) is 47.4 Å². The van der Waals surface area contributed by atoms with Crippen molar-refractivity contribution in [1.82, 2.24) is 4.90 Å². The number of benzene rings is 1. The molecule has 0 aromatic heterocycles. The standard InChI is InChI=1S/C25H31ClN2O6/c26-24-19-15-18(27-34-17-22(31)28-12-8-6-9-13-28)11-7-4-2-1-3-5-10-14-33-25(32)23(19)20(29)16-21(24)30/h1,3,7,11,16,29-30H,2,4-6,8-10,12-15,17H2/b3-1+,11-7+,27-18?. The molecule has 184 valence electrons. The maximum absolute atomic E-state index is 12.7. The summed E-state index contributed by atoms with van der Waals surface area (Å²) in [6.45, 7) is 1.42. The number of phenolic OH excluding ortho intramolecular Hbond substituents is 2. The summed E-state index contributed by atoms with van der Waals surface area (Å²) in [7, 11) is 0. The highest BCUT2D eigenvalue weighted by Gasteiger charge is 2.24. The molecule has 3 rings (SSSR count). The number of esters is 1. The number of allylic oxidation sites excluding steroid dienone is 4. The molecule has 9 heteroatoms. The number of aromatic hydroxyl groups is 2. The minimum Gasteiger partial charge on any atom is -0.507 e. The molecule has 2 N–H and O–H groups in total. The summed E-state index contributed by atoms with van der Waals surface area (Å²) >= 11 is 6.32. The maximum Gasteiger partial charge on any atom is 0.342 e. The number of nitrogens with zero attached hydrogens (tertiary/aromatic N) is 2. The zero-order valence-electron chi connectivity index (χ0n) is 19.2. The summed E-state index contributed by atoms with van der Waals surface area (Å²) in [4.78, 5) is 32.3. The molecule has 0 spiro atoms. The number of oxime groups is 1. The zero-order chi connectivity index (χ0) is 24.3. The first kappa shape index (κ1) is 25.6. The van der Waals surface area contributed by atoms with Gasteiger partial charge in [-0.05, 0) is 56.6 Å². The number of fused-ring (bicyclic) bond motifs is 1. The molecule has 0 bridgehead atoms. The van der Waals surface area contributed by atoms with Gasteiger partial charge in [0.1, 0.15) is 17.1 Å². The van der Waals surface area contributed by atoms with Crippen molar-refractivity contribution in [2.24, 2.45) is 5.16 Å². The van der Waals surface area contributed by atoms with Crippen LogP contribution in [0.25, 0.3) is 0 Å². The Kier molecular flexibility index (Phi) is 9.82. The minimum atomic E-state index is -0.738. The fourth-order valence-corrected chi connectivity index (χ4v) is 4.09. The van der Waals surface area contributed by atoms with Crippen molar-refractivity contribution in [1.29, 1.82) is 0 Å². The van der Waals surface area contributed by atoms with Crippen LogP contribution in [0.2, 0.25) is 5.02 Å². The number of ether oxygens (including phenoxy) is 1. The first-order chi connectivity index (χ1) is 16.5. The van der Waals surface area contributed by atoms with E-state index in [0.29, 0.717) is 12.1 Å². The summed E-state index contributed by atoms with van der Waals surface area (Å²) in [6, 6.07) is 1.01. The van der Waals surface area contributed by atoms with E-state index >= 15 is 0 Å². The molecule has 1 aromatic carbocycles. The van der Waals surface area contributed by atoms with E-state index in [9.17, 15) is 19.8 Å². The van der Waals surface area contributed by atoms with Crippen LogP contribution in [-0.2, 0) is 20.8 Å². The van der Waals surface area contributed by atoms with E-state index in [2.05, 4.69) is 11.2 Å². The third-order valence-corrected chi connectivity index (χ3v) is 6.11. The smallest absolute Gasteiger partial charge is 0.342 e. The van der Waals surface area contributed by atoms with Gasteiger partial charge in [0.2, 0.25) is 0 Å². The highest BCUT2D eigenvalue weighted by Crippen LogP contribution is 2.37. The van der Waals surface area contributed by atoms with Crippen LogP contribution in [0.15, 0.2) is 35.5 Å². The number of carbonyl (C=O) groups is 2. The van der Waals surface area contributed by atoms with Crippen LogP contribution >= 0.6 is 11.6 Å². The van der Waals surface area contributed by atoms with Crippen LogP contribution in [0.4, 0.5) is 0 Å². The normalized spacial score (nSPS) is 21.0. The van der Waals surface area contributed by atoms with Gasteiger partial charge < -0.3 is 24.7 Å². The predicted octanol–water partition coefficient (Wildman–Crippen LogP) is 4.52. The number of hydrogen-bond donors (Lipinski definition) is 2. The Hall–Kier alpha value is -3.00. The Morgan fingerprint density at radius 1 is 1.06 bits per heavy atom. The van der Waals surface area contributed by atoms with Crippen LogP contribution < -0.4 is 0 Å². The predicted molar refractivity (Wildman–Crippen MR) is 129 cm³/mol. The van der Waals surface area contributed by atoms with Gasteiger partial charge in [0, 0.05) is 25.6 Å². The van der Waals surface area contributed by atoms with E-state index < -0.39 is 11.7 Å². The molecule has 34 heavy (non-hydrogen) atoms. The monoisotopic (exact) mass is 490 g/mol. The van der Waals surface area contributed by atoms with Crippen molar-refractivity contribution in [2.75, 3.05) is 26.3 Å². The highest BCUT2D eigenvalue weighted by molar-refractivity contribution is 6.33. The molecule has 8 nitrogen and oxygen atoms in total. The van der Waals surface area contributed by atoms with Crippen LogP contribution in [-0.4, -0.2) is 59.0 Å². The molecular formula is C25H31ClN2O6. The number of phenols is 2. The lowest BCUT2D eigenvalue weighted by molar-refractivity contribution is -0.137. The molecular weight excluding hydrogens is 460 g/mol. The Morgan fingerprint density at radius 2 is 1.79 bits per heavy atom. The number of cyclic esters (lactones) is 1. The van der Waals surface area contributed by atoms with Crippen molar-refractivity contribution < 1.29 is 29.4 Å². The summed E-state index contributed by atoms with van der Waals surface area (Å²) in [5, 5.41) is 24.6. The van der Waals surface area contributed by atoms with Gasteiger partial charge in [0.05, 0.1) is 17.3 Å². The second kappa shape index (κ2) is 13.0. The van der Waals surface area contributed by atoms with Gasteiger partial charge in [0.15, 0.2) is 6.61 Å². The summed E-state index contributed by atoms with van der Waals surface area (Å²) in [5.74, 6) is -1.67. The number of amides is 1. The molecule has 2 heterocycles. The first-order valence-electron chi connectivity index (χ1n) is 11.7. The number of likely N-dealkylation sites (tertiary alicyclic amines) is 1.